The molecule has 0 spiro atoms. The summed E-state index contributed by atoms with van der Waals surface area (Å²) < 4.78 is 0. The molecule has 2 aromatic carbocycles. The van der Waals surface area contributed by atoms with E-state index in [0.717, 1.165) is 0 Å². The van der Waals surface area contributed by atoms with Gasteiger partial charge in [0, 0.05) is 0 Å². The molecule has 0 heterocycles. The van der Waals surface area contributed by atoms with Gasteiger partial charge in [-0.3, -0.25) is 0 Å². The molecule has 0 saturated heterocycles. The lowest BCUT2D eigenvalue weighted by atomic mass is 9.88. The first-order valence-corrected chi connectivity index (χ1v) is 6.60. The Bertz CT molecular complexity index is 506. The van der Waals surface area contributed by atoms with Crippen LogP contribution in [0.4, 0.5) is 0 Å². The van der Waals surface area contributed by atoms with E-state index in [1.165, 1.54) is 22.8 Å². The van der Waals surface area contributed by atoms with Crippen LogP contribution in [-0.2, 0) is 6.42 Å². The SMILES string of the molecule is CC(C)Cc1c(C(C)C)ccc2ccccc12. The van der Waals surface area contributed by atoms with Crippen molar-refractivity contribution in [3.05, 3.63) is 47.5 Å². The van der Waals surface area contributed by atoms with Crippen LogP contribution in [0, 0.1) is 5.92 Å². The smallest absolute Gasteiger partial charge is 0.0149 e. The average Bonchev–Trinajstić information content (AvgIpc) is 2.28. The highest BCUT2D eigenvalue weighted by atomic mass is 14.2. The van der Waals surface area contributed by atoms with Gasteiger partial charge in [0.05, 0.1) is 0 Å². The van der Waals surface area contributed by atoms with Crippen LogP contribution in [0.2, 0.25) is 0 Å². The van der Waals surface area contributed by atoms with E-state index in [1.54, 1.807) is 5.56 Å². The standard InChI is InChI=1S/C17H22/c1-12(2)11-17-15(13(3)4)10-9-14-7-5-6-8-16(14)17/h5-10,12-13H,11H2,1-4H3. The number of rotatable bonds is 3. The largest absolute Gasteiger partial charge is 0.0625 e. The Morgan fingerprint density at radius 1 is 0.882 bits per heavy atom. The van der Waals surface area contributed by atoms with Crippen molar-refractivity contribution >= 4 is 10.8 Å². The quantitative estimate of drug-likeness (QED) is 0.678. The third kappa shape index (κ3) is 2.52. The second kappa shape index (κ2) is 4.91. The molecule has 0 nitrogen and oxygen atoms in total. The zero-order chi connectivity index (χ0) is 12.4. The van der Waals surface area contributed by atoms with Crippen LogP contribution in [0.1, 0.15) is 44.7 Å². The number of benzene rings is 2. The third-order valence-electron chi connectivity index (χ3n) is 3.31. The molecule has 2 aromatic rings. The Balaban J connectivity index is 2.66. The van der Waals surface area contributed by atoms with Crippen molar-refractivity contribution in [2.24, 2.45) is 5.92 Å². The summed E-state index contributed by atoms with van der Waals surface area (Å²) in [6.07, 6.45) is 1.18. The minimum atomic E-state index is 0.605. The van der Waals surface area contributed by atoms with Gasteiger partial charge in [-0.1, -0.05) is 64.1 Å². The first kappa shape index (κ1) is 12.2. The lowest BCUT2D eigenvalue weighted by Gasteiger charge is -2.17. The zero-order valence-electron chi connectivity index (χ0n) is 11.3. The van der Waals surface area contributed by atoms with Crippen LogP contribution >= 0.6 is 0 Å². The van der Waals surface area contributed by atoms with Crippen LogP contribution in [0.25, 0.3) is 10.8 Å². The fraction of sp³-hybridized carbons (Fsp3) is 0.412. The Morgan fingerprint density at radius 3 is 2.24 bits per heavy atom. The van der Waals surface area contributed by atoms with Gasteiger partial charge >= 0.3 is 0 Å². The summed E-state index contributed by atoms with van der Waals surface area (Å²) in [4.78, 5) is 0. The number of fused-ring (bicyclic) bond motifs is 1. The summed E-state index contributed by atoms with van der Waals surface area (Å²) in [6.45, 7) is 9.17. The van der Waals surface area contributed by atoms with E-state index in [4.69, 9.17) is 0 Å². The second-order valence-electron chi connectivity index (χ2n) is 5.61. The number of hydrogen-bond donors (Lipinski definition) is 0. The summed E-state index contributed by atoms with van der Waals surface area (Å²) in [6, 6.07) is 13.3. The van der Waals surface area contributed by atoms with Crippen molar-refractivity contribution in [1.29, 1.82) is 0 Å². The van der Waals surface area contributed by atoms with E-state index in [9.17, 15) is 0 Å². The molecule has 0 aliphatic carbocycles. The molecular weight excluding hydrogens is 204 g/mol. The molecule has 0 amide bonds. The lowest BCUT2D eigenvalue weighted by molar-refractivity contribution is 0.642. The molecule has 0 bridgehead atoms. The molecule has 0 aliphatic rings. The van der Waals surface area contributed by atoms with Gasteiger partial charge in [-0.15, -0.1) is 0 Å². The number of hydrogen-bond acceptors (Lipinski definition) is 0. The normalized spacial score (nSPS) is 11.6. The fourth-order valence-corrected chi connectivity index (χ4v) is 2.53. The van der Waals surface area contributed by atoms with Gasteiger partial charge in [-0.05, 0) is 40.2 Å². The van der Waals surface area contributed by atoms with E-state index < -0.39 is 0 Å². The predicted octanol–water partition coefficient (Wildman–Crippen LogP) is 5.16. The van der Waals surface area contributed by atoms with Crippen molar-refractivity contribution in [3.63, 3.8) is 0 Å². The molecule has 0 aliphatic heterocycles. The van der Waals surface area contributed by atoms with Crippen LogP contribution in [0.5, 0.6) is 0 Å². The van der Waals surface area contributed by atoms with Gasteiger partial charge in [-0.25, -0.2) is 0 Å². The minimum absolute atomic E-state index is 0.605. The molecule has 0 N–H and O–H groups in total. The summed E-state index contributed by atoms with van der Waals surface area (Å²) in [5, 5.41) is 2.81. The maximum absolute atomic E-state index is 2.31. The van der Waals surface area contributed by atoms with Crippen molar-refractivity contribution in [1.82, 2.24) is 0 Å². The molecule has 0 saturated carbocycles. The van der Waals surface area contributed by atoms with Gasteiger partial charge in [-0.2, -0.15) is 0 Å². The Hall–Kier alpha value is -1.30. The van der Waals surface area contributed by atoms with E-state index in [0.29, 0.717) is 11.8 Å². The maximum atomic E-state index is 2.31. The molecule has 2 rings (SSSR count). The fourth-order valence-electron chi connectivity index (χ4n) is 2.53. The van der Waals surface area contributed by atoms with Gasteiger partial charge in [0.2, 0.25) is 0 Å². The first-order valence-electron chi connectivity index (χ1n) is 6.60. The maximum Gasteiger partial charge on any atom is -0.0149 e. The highest BCUT2D eigenvalue weighted by molar-refractivity contribution is 5.87. The zero-order valence-corrected chi connectivity index (χ0v) is 11.3. The minimum Gasteiger partial charge on any atom is -0.0625 e. The molecule has 0 aromatic heterocycles. The second-order valence-corrected chi connectivity index (χ2v) is 5.61. The molecule has 0 fully saturated rings. The van der Waals surface area contributed by atoms with Crippen molar-refractivity contribution in [2.45, 2.75) is 40.0 Å². The van der Waals surface area contributed by atoms with Crippen molar-refractivity contribution in [2.75, 3.05) is 0 Å². The summed E-state index contributed by atoms with van der Waals surface area (Å²) in [5.41, 5.74) is 3.06. The average molecular weight is 226 g/mol. The summed E-state index contributed by atoms with van der Waals surface area (Å²) in [5.74, 6) is 1.31. The van der Waals surface area contributed by atoms with Gasteiger partial charge < -0.3 is 0 Å². The Morgan fingerprint density at radius 2 is 1.59 bits per heavy atom. The molecule has 90 valence electrons. The van der Waals surface area contributed by atoms with E-state index in [2.05, 4.69) is 64.1 Å². The highest BCUT2D eigenvalue weighted by Crippen LogP contribution is 2.29. The Labute approximate surface area is 105 Å². The lowest BCUT2D eigenvalue weighted by Crippen LogP contribution is -2.02. The highest BCUT2D eigenvalue weighted by Gasteiger charge is 2.11. The summed E-state index contributed by atoms with van der Waals surface area (Å²) >= 11 is 0. The van der Waals surface area contributed by atoms with Crippen molar-refractivity contribution in [3.8, 4) is 0 Å². The molecular formula is C17H22. The third-order valence-corrected chi connectivity index (χ3v) is 3.31. The van der Waals surface area contributed by atoms with Gasteiger partial charge in [0.1, 0.15) is 0 Å². The van der Waals surface area contributed by atoms with Crippen LogP contribution in [-0.4, -0.2) is 0 Å². The van der Waals surface area contributed by atoms with E-state index in [1.807, 2.05) is 0 Å². The molecule has 0 atom stereocenters. The molecule has 0 heteroatoms. The summed E-state index contributed by atoms with van der Waals surface area (Å²) in [7, 11) is 0. The van der Waals surface area contributed by atoms with Crippen LogP contribution < -0.4 is 0 Å². The van der Waals surface area contributed by atoms with Gasteiger partial charge in [0.25, 0.3) is 0 Å². The van der Waals surface area contributed by atoms with Crippen LogP contribution in [0.15, 0.2) is 36.4 Å². The monoisotopic (exact) mass is 226 g/mol. The Kier molecular flexibility index (Phi) is 3.51. The molecule has 17 heavy (non-hydrogen) atoms. The molecule has 0 unspecified atom stereocenters. The van der Waals surface area contributed by atoms with Crippen molar-refractivity contribution < 1.29 is 0 Å². The topological polar surface area (TPSA) is 0 Å². The van der Waals surface area contributed by atoms with E-state index >= 15 is 0 Å². The van der Waals surface area contributed by atoms with E-state index in [-0.39, 0.29) is 0 Å². The van der Waals surface area contributed by atoms with Crippen LogP contribution in [0.3, 0.4) is 0 Å². The predicted molar refractivity (Wildman–Crippen MR) is 76.6 cm³/mol. The van der Waals surface area contributed by atoms with Gasteiger partial charge in [0.15, 0.2) is 0 Å². The first-order chi connectivity index (χ1) is 8.09. The molecule has 0 radical (unpaired) electrons.